The first-order chi connectivity index (χ1) is 5.33. The van der Waals surface area contributed by atoms with Crippen molar-refractivity contribution in [2.75, 3.05) is 19.0 Å². The average Bonchev–Trinajstić information content (AvgIpc) is 2.37. The minimum absolute atomic E-state index is 0.424. The molecule has 2 atom stereocenters. The van der Waals surface area contributed by atoms with E-state index in [1.54, 1.807) is 0 Å². The number of halogens is 1. The molecule has 3 heteroatoms. The van der Waals surface area contributed by atoms with Crippen molar-refractivity contribution in [1.29, 1.82) is 0 Å². The Balaban J connectivity index is 1.99. The first kappa shape index (κ1) is 9.30. The van der Waals surface area contributed by atoms with Crippen LogP contribution in [0.5, 0.6) is 0 Å². The molecule has 0 aromatic carbocycles. The molecule has 0 spiro atoms. The second-order valence-corrected chi connectivity index (χ2v) is 3.42. The fraction of sp³-hybridized carbons (Fsp3) is 1.00. The van der Waals surface area contributed by atoms with Gasteiger partial charge in [0.15, 0.2) is 0 Å². The van der Waals surface area contributed by atoms with Crippen molar-refractivity contribution in [3.63, 3.8) is 0 Å². The number of alkyl halides is 1. The molecule has 1 aliphatic heterocycles. The number of nitrogens with one attached hydrogen (secondary N) is 1. The molecule has 2 unspecified atom stereocenters. The van der Waals surface area contributed by atoms with E-state index in [0.29, 0.717) is 18.1 Å². The van der Waals surface area contributed by atoms with Gasteiger partial charge in [-0.15, -0.1) is 11.6 Å². The van der Waals surface area contributed by atoms with Crippen molar-refractivity contribution in [3.05, 3.63) is 0 Å². The van der Waals surface area contributed by atoms with Gasteiger partial charge in [-0.25, -0.2) is 0 Å². The SMILES string of the molecule is CC1CCC(CNCCCl)O1. The highest BCUT2D eigenvalue weighted by Crippen LogP contribution is 2.17. The van der Waals surface area contributed by atoms with Gasteiger partial charge in [0.05, 0.1) is 12.2 Å². The smallest absolute Gasteiger partial charge is 0.0704 e. The summed E-state index contributed by atoms with van der Waals surface area (Å²) in [5, 5.41) is 3.24. The van der Waals surface area contributed by atoms with Gasteiger partial charge in [-0.1, -0.05) is 0 Å². The van der Waals surface area contributed by atoms with Crippen LogP contribution < -0.4 is 5.32 Å². The first-order valence-corrected chi connectivity index (χ1v) is 4.78. The summed E-state index contributed by atoms with van der Waals surface area (Å²) < 4.78 is 5.60. The van der Waals surface area contributed by atoms with Gasteiger partial charge in [0, 0.05) is 19.0 Å². The van der Waals surface area contributed by atoms with Gasteiger partial charge >= 0.3 is 0 Å². The van der Waals surface area contributed by atoms with Crippen LogP contribution in [-0.4, -0.2) is 31.2 Å². The van der Waals surface area contributed by atoms with E-state index in [1.807, 2.05) is 0 Å². The summed E-state index contributed by atoms with van der Waals surface area (Å²) in [4.78, 5) is 0. The molecule has 1 aliphatic rings. The Morgan fingerprint density at radius 3 is 2.91 bits per heavy atom. The van der Waals surface area contributed by atoms with Crippen molar-refractivity contribution in [2.45, 2.75) is 32.0 Å². The maximum Gasteiger partial charge on any atom is 0.0704 e. The third-order valence-corrected chi connectivity index (χ3v) is 2.15. The van der Waals surface area contributed by atoms with Gasteiger partial charge in [-0.2, -0.15) is 0 Å². The Hall–Kier alpha value is 0.210. The molecular formula is C8H16ClNO. The second kappa shape index (κ2) is 4.96. The Labute approximate surface area is 73.3 Å². The van der Waals surface area contributed by atoms with E-state index >= 15 is 0 Å². The molecular weight excluding hydrogens is 162 g/mol. The topological polar surface area (TPSA) is 21.3 Å². The standard InChI is InChI=1S/C8H16ClNO/c1-7-2-3-8(11-7)6-10-5-4-9/h7-8,10H,2-6H2,1H3. The van der Waals surface area contributed by atoms with Crippen LogP contribution in [0.1, 0.15) is 19.8 Å². The van der Waals surface area contributed by atoms with Crippen LogP contribution in [0.25, 0.3) is 0 Å². The Bertz CT molecular complexity index is 110. The molecule has 0 aliphatic carbocycles. The van der Waals surface area contributed by atoms with E-state index in [9.17, 15) is 0 Å². The first-order valence-electron chi connectivity index (χ1n) is 4.25. The summed E-state index contributed by atoms with van der Waals surface area (Å²) in [5.74, 6) is 0.683. The van der Waals surface area contributed by atoms with Gasteiger partial charge in [-0.3, -0.25) is 0 Å². The molecule has 1 saturated heterocycles. The van der Waals surface area contributed by atoms with Gasteiger partial charge in [-0.05, 0) is 19.8 Å². The number of ether oxygens (including phenoxy) is 1. The maximum absolute atomic E-state index is 5.60. The molecule has 0 amide bonds. The number of hydrogen-bond acceptors (Lipinski definition) is 2. The quantitative estimate of drug-likeness (QED) is 0.518. The summed E-state index contributed by atoms with van der Waals surface area (Å²) in [6.45, 7) is 3.97. The molecule has 1 rings (SSSR count). The van der Waals surface area contributed by atoms with Crippen LogP contribution >= 0.6 is 11.6 Å². The van der Waals surface area contributed by atoms with E-state index in [0.717, 1.165) is 13.1 Å². The summed E-state index contributed by atoms with van der Waals surface area (Å²) in [5.41, 5.74) is 0. The van der Waals surface area contributed by atoms with Crippen molar-refractivity contribution in [1.82, 2.24) is 5.32 Å². The average molecular weight is 178 g/mol. The van der Waals surface area contributed by atoms with Crippen LogP contribution in [0.3, 0.4) is 0 Å². The second-order valence-electron chi connectivity index (χ2n) is 3.04. The highest BCUT2D eigenvalue weighted by molar-refractivity contribution is 6.18. The highest BCUT2D eigenvalue weighted by Gasteiger charge is 2.20. The van der Waals surface area contributed by atoms with Crippen molar-refractivity contribution >= 4 is 11.6 Å². The summed E-state index contributed by atoms with van der Waals surface area (Å²) in [6.07, 6.45) is 3.27. The lowest BCUT2D eigenvalue weighted by molar-refractivity contribution is 0.0564. The third kappa shape index (κ3) is 3.41. The Morgan fingerprint density at radius 1 is 1.55 bits per heavy atom. The molecule has 0 radical (unpaired) electrons. The van der Waals surface area contributed by atoms with E-state index in [1.165, 1.54) is 12.8 Å². The van der Waals surface area contributed by atoms with Gasteiger partial charge in [0.2, 0.25) is 0 Å². The van der Waals surface area contributed by atoms with Crippen LogP contribution in [0.2, 0.25) is 0 Å². The van der Waals surface area contributed by atoms with Crippen molar-refractivity contribution in [2.24, 2.45) is 0 Å². The minimum Gasteiger partial charge on any atom is -0.374 e. The van der Waals surface area contributed by atoms with Gasteiger partial charge in [0.25, 0.3) is 0 Å². The van der Waals surface area contributed by atoms with Crippen LogP contribution in [0.15, 0.2) is 0 Å². The zero-order chi connectivity index (χ0) is 8.10. The molecule has 2 nitrogen and oxygen atoms in total. The Morgan fingerprint density at radius 2 is 2.36 bits per heavy atom. The van der Waals surface area contributed by atoms with Gasteiger partial charge < -0.3 is 10.1 Å². The minimum atomic E-state index is 0.424. The molecule has 66 valence electrons. The molecule has 0 bridgehead atoms. The molecule has 11 heavy (non-hydrogen) atoms. The maximum atomic E-state index is 5.60. The van der Waals surface area contributed by atoms with E-state index in [2.05, 4.69) is 12.2 Å². The zero-order valence-electron chi connectivity index (χ0n) is 6.98. The highest BCUT2D eigenvalue weighted by atomic mass is 35.5. The Kier molecular flexibility index (Phi) is 4.20. The molecule has 0 aromatic rings. The van der Waals surface area contributed by atoms with Gasteiger partial charge in [0.1, 0.15) is 0 Å². The third-order valence-electron chi connectivity index (χ3n) is 1.96. The fourth-order valence-electron chi connectivity index (χ4n) is 1.37. The van der Waals surface area contributed by atoms with E-state index < -0.39 is 0 Å². The molecule has 1 fully saturated rings. The van der Waals surface area contributed by atoms with Crippen LogP contribution in [0, 0.1) is 0 Å². The van der Waals surface area contributed by atoms with E-state index in [4.69, 9.17) is 16.3 Å². The normalized spacial score (nSPS) is 31.1. The largest absolute Gasteiger partial charge is 0.374 e. The molecule has 1 heterocycles. The summed E-state index contributed by atoms with van der Waals surface area (Å²) in [7, 11) is 0. The molecule has 1 N–H and O–H groups in total. The summed E-state index contributed by atoms with van der Waals surface area (Å²) >= 11 is 5.51. The predicted octanol–water partition coefficient (Wildman–Crippen LogP) is 1.38. The monoisotopic (exact) mass is 177 g/mol. The summed E-state index contributed by atoms with van der Waals surface area (Å²) in [6, 6.07) is 0. The molecule has 0 aromatic heterocycles. The lowest BCUT2D eigenvalue weighted by Crippen LogP contribution is -2.28. The van der Waals surface area contributed by atoms with E-state index in [-0.39, 0.29) is 0 Å². The zero-order valence-corrected chi connectivity index (χ0v) is 7.73. The van der Waals surface area contributed by atoms with Crippen molar-refractivity contribution in [3.8, 4) is 0 Å². The number of hydrogen-bond donors (Lipinski definition) is 1. The van der Waals surface area contributed by atoms with Crippen LogP contribution in [-0.2, 0) is 4.74 Å². The van der Waals surface area contributed by atoms with Crippen molar-refractivity contribution < 1.29 is 4.74 Å². The fourth-order valence-corrected chi connectivity index (χ4v) is 1.50. The van der Waals surface area contributed by atoms with Crippen LogP contribution in [0.4, 0.5) is 0 Å². The number of rotatable bonds is 4. The lowest BCUT2D eigenvalue weighted by atomic mass is 10.2. The lowest BCUT2D eigenvalue weighted by Gasteiger charge is -2.10. The predicted molar refractivity (Wildman–Crippen MR) is 47.2 cm³/mol. The molecule has 0 saturated carbocycles.